The van der Waals surface area contributed by atoms with Crippen molar-refractivity contribution in [1.29, 1.82) is 0 Å². The molecule has 0 aromatic rings. The Balaban J connectivity index is 5.62. The minimum absolute atomic E-state index is 0.0589. The van der Waals surface area contributed by atoms with E-state index < -0.39 is 33.3 Å². The van der Waals surface area contributed by atoms with Crippen molar-refractivity contribution in [3.63, 3.8) is 0 Å². The molecular formula is C41H86O5Si4. The standard InChI is InChI=1S/C41H86O5Si4/c1-22-35(44-48(16,17)39(5,6)7)28-26-24-23-25-27-29-36(45-49(18,19)40(8,9)10)32-34(42)33-37(46-50(20,21)41(11,12)13)30-31-43-47(14,15)38(2,3)4/h22,24,26,35-37H,1,23,25,27-33H2,2-21H3. The van der Waals surface area contributed by atoms with Crippen LogP contribution in [0.4, 0.5) is 0 Å². The zero-order valence-electron chi connectivity index (χ0n) is 37.1. The van der Waals surface area contributed by atoms with Gasteiger partial charge in [0, 0.05) is 19.4 Å². The summed E-state index contributed by atoms with van der Waals surface area (Å²) in [6, 6.07) is 0. The highest BCUT2D eigenvalue weighted by Crippen LogP contribution is 2.41. The molecule has 3 unspecified atom stereocenters. The first-order chi connectivity index (χ1) is 22.2. The molecule has 0 radical (unpaired) electrons. The van der Waals surface area contributed by atoms with Crippen LogP contribution in [0.25, 0.3) is 0 Å². The van der Waals surface area contributed by atoms with Crippen molar-refractivity contribution in [2.24, 2.45) is 0 Å². The fourth-order valence-corrected chi connectivity index (χ4v) is 9.72. The minimum atomic E-state index is -2.08. The van der Waals surface area contributed by atoms with E-state index in [0.29, 0.717) is 19.4 Å². The molecule has 296 valence electrons. The van der Waals surface area contributed by atoms with Gasteiger partial charge in [-0.1, -0.05) is 108 Å². The predicted molar refractivity (Wildman–Crippen MR) is 231 cm³/mol. The van der Waals surface area contributed by atoms with E-state index in [1.165, 1.54) is 0 Å². The van der Waals surface area contributed by atoms with Crippen LogP contribution < -0.4 is 0 Å². The largest absolute Gasteiger partial charge is 0.417 e. The summed E-state index contributed by atoms with van der Waals surface area (Å²) in [6.45, 7) is 50.3. The molecule has 50 heavy (non-hydrogen) atoms. The van der Waals surface area contributed by atoms with Crippen molar-refractivity contribution >= 4 is 39.1 Å². The van der Waals surface area contributed by atoms with E-state index in [1.54, 1.807) is 0 Å². The van der Waals surface area contributed by atoms with E-state index in [2.05, 4.69) is 154 Å². The van der Waals surface area contributed by atoms with Gasteiger partial charge in [-0.25, -0.2) is 0 Å². The molecule has 0 bridgehead atoms. The first kappa shape index (κ1) is 49.9. The maximum absolute atomic E-state index is 13.9. The summed E-state index contributed by atoms with van der Waals surface area (Å²) in [4.78, 5) is 13.9. The maximum atomic E-state index is 13.9. The number of hydrogen-bond donors (Lipinski definition) is 0. The molecule has 9 heteroatoms. The average molecular weight is 771 g/mol. The van der Waals surface area contributed by atoms with Gasteiger partial charge in [-0.05, 0) is 105 Å². The van der Waals surface area contributed by atoms with Crippen LogP contribution in [-0.2, 0) is 22.5 Å². The number of ketones is 1. The summed E-state index contributed by atoms with van der Waals surface area (Å²) in [5.41, 5.74) is 0. The third-order valence-corrected chi connectivity index (χ3v) is 30.5. The lowest BCUT2D eigenvalue weighted by atomic mass is 10.0. The fraction of sp³-hybridized carbons (Fsp3) is 0.878. The van der Waals surface area contributed by atoms with Gasteiger partial charge < -0.3 is 17.7 Å². The Morgan fingerprint density at radius 3 is 1.38 bits per heavy atom. The zero-order valence-corrected chi connectivity index (χ0v) is 41.1. The molecule has 0 fully saturated rings. The third-order valence-electron chi connectivity index (χ3n) is 12.4. The zero-order chi connectivity index (χ0) is 39.6. The maximum Gasteiger partial charge on any atom is 0.192 e. The van der Waals surface area contributed by atoms with Gasteiger partial charge in [-0.15, -0.1) is 6.58 Å². The molecule has 0 N–H and O–H groups in total. The smallest absolute Gasteiger partial charge is 0.192 e. The van der Waals surface area contributed by atoms with Crippen molar-refractivity contribution in [2.75, 3.05) is 6.61 Å². The molecule has 0 aliphatic carbocycles. The second kappa shape index (κ2) is 19.4. The summed E-state index contributed by atoms with van der Waals surface area (Å²) in [5, 5.41) is 0.484. The van der Waals surface area contributed by atoms with E-state index in [4.69, 9.17) is 17.7 Å². The third kappa shape index (κ3) is 17.3. The quantitative estimate of drug-likeness (QED) is 0.0623. The second-order valence-electron chi connectivity index (χ2n) is 21.0. The van der Waals surface area contributed by atoms with E-state index in [-0.39, 0.29) is 44.2 Å². The molecule has 3 atom stereocenters. The van der Waals surface area contributed by atoms with Crippen LogP contribution in [0.5, 0.6) is 0 Å². The highest BCUT2D eigenvalue weighted by Gasteiger charge is 2.42. The number of carbonyl (C=O) groups is 1. The summed E-state index contributed by atoms with van der Waals surface area (Å²) < 4.78 is 27.0. The summed E-state index contributed by atoms with van der Waals surface area (Å²) in [5.74, 6) is 0.252. The first-order valence-corrected chi connectivity index (χ1v) is 31.3. The van der Waals surface area contributed by atoms with E-state index in [1.807, 2.05) is 6.08 Å². The Morgan fingerprint density at radius 2 is 0.980 bits per heavy atom. The Hall–Kier alpha value is -0.142. The molecule has 5 nitrogen and oxygen atoms in total. The van der Waals surface area contributed by atoms with Crippen LogP contribution in [-0.4, -0.2) is 64.0 Å². The van der Waals surface area contributed by atoms with Crippen molar-refractivity contribution < 1.29 is 22.5 Å². The van der Waals surface area contributed by atoms with Crippen LogP contribution in [0.15, 0.2) is 24.8 Å². The van der Waals surface area contributed by atoms with E-state index >= 15 is 0 Å². The Labute approximate surface area is 317 Å². The molecule has 0 saturated heterocycles. The number of rotatable bonds is 22. The van der Waals surface area contributed by atoms with Gasteiger partial charge in [-0.3, -0.25) is 4.79 Å². The van der Waals surface area contributed by atoms with Crippen LogP contribution in [0.2, 0.25) is 72.5 Å². The SMILES string of the molecule is C=CC(CC=CCCCCC(CC(=O)CC(CCO[Si](C)(C)C(C)(C)C)O[Si](C)(C)C(C)(C)C)O[Si](C)(C)C(C)(C)C)O[Si](C)(C)C(C)(C)C. The van der Waals surface area contributed by atoms with Crippen molar-refractivity contribution in [3.05, 3.63) is 24.8 Å². The topological polar surface area (TPSA) is 54.0 Å². The summed E-state index contributed by atoms with van der Waals surface area (Å²) in [6.07, 6.45) is 12.9. The molecule has 0 aliphatic heterocycles. The van der Waals surface area contributed by atoms with E-state index in [9.17, 15) is 4.79 Å². The van der Waals surface area contributed by atoms with Crippen LogP contribution in [0.1, 0.15) is 134 Å². The molecule has 0 aromatic heterocycles. The molecule has 0 spiro atoms. The lowest BCUT2D eigenvalue weighted by Crippen LogP contribution is -2.46. The molecule has 0 aliphatic rings. The number of hydrogen-bond acceptors (Lipinski definition) is 5. The van der Waals surface area contributed by atoms with Crippen molar-refractivity contribution in [2.45, 2.75) is 225 Å². The van der Waals surface area contributed by atoms with E-state index in [0.717, 1.165) is 38.5 Å². The lowest BCUT2D eigenvalue weighted by Gasteiger charge is -2.41. The van der Waals surface area contributed by atoms with Crippen LogP contribution in [0, 0.1) is 0 Å². The van der Waals surface area contributed by atoms with Gasteiger partial charge >= 0.3 is 0 Å². The molecule has 0 amide bonds. The molecular weight excluding hydrogens is 685 g/mol. The molecule has 0 saturated carbocycles. The minimum Gasteiger partial charge on any atom is -0.417 e. The number of carbonyl (C=O) groups excluding carboxylic acids is 1. The highest BCUT2D eigenvalue weighted by molar-refractivity contribution is 6.75. The Bertz CT molecular complexity index is 1050. The van der Waals surface area contributed by atoms with Gasteiger partial charge in [0.2, 0.25) is 0 Å². The fourth-order valence-electron chi connectivity index (χ4n) is 4.58. The highest BCUT2D eigenvalue weighted by atomic mass is 28.4. The number of Topliss-reactive ketones (excluding diaryl/α,β-unsaturated/α-hetero) is 1. The number of unbranched alkanes of at least 4 members (excludes halogenated alkanes) is 2. The lowest BCUT2D eigenvalue weighted by molar-refractivity contribution is -0.122. The second-order valence-corrected chi connectivity index (χ2v) is 40.1. The summed E-state index contributed by atoms with van der Waals surface area (Å²) in [7, 11) is -7.86. The Morgan fingerprint density at radius 1 is 0.580 bits per heavy atom. The Kier molecular flexibility index (Phi) is 19.4. The monoisotopic (exact) mass is 771 g/mol. The van der Waals surface area contributed by atoms with Crippen LogP contribution >= 0.6 is 0 Å². The van der Waals surface area contributed by atoms with Gasteiger partial charge in [0.15, 0.2) is 33.3 Å². The average Bonchev–Trinajstić information content (AvgIpc) is 2.88. The summed E-state index contributed by atoms with van der Waals surface area (Å²) >= 11 is 0. The van der Waals surface area contributed by atoms with Gasteiger partial charge in [0.05, 0.1) is 18.3 Å². The van der Waals surface area contributed by atoms with Crippen LogP contribution in [0.3, 0.4) is 0 Å². The van der Waals surface area contributed by atoms with Gasteiger partial charge in [-0.2, -0.15) is 0 Å². The molecule has 0 aromatic carbocycles. The van der Waals surface area contributed by atoms with Gasteiger partial charge in [0.25, 0.3) is 0 Å². The first-order valence-electron chi connectivity index (χ1n) is 19.7. The predicted octanol–water partition coefficient (Wildman–Crippen LogP) is 13.6. The van der Waals surface area contributed by atoms with Crippen molar-refractivity contribution in [3.8, 4) is 0 Å². The van der Waals surface area contributed by atoms with Gasteiger partial charge in [0.1, 0.15) is 5.78 Å². The number of allylic oxidation sites excluding steroid dienone is 1. The molecule has 0 heterocycles. The normalized spacial score (nSPS) is 16.5. The molecule has 0 rings (SSSR count). The van der Waals surface area contributed by atoms with Crippen molar-refractivity contribution in [1.82, 2.24) is 0 Å².